The summed E-state index contributed by atoms with van der Waals surface area (Å²) in [5, 5.41) is 3.86. The van der Waals surface area contributed by atoms with E-state index in [1.807, 2.05) is 12.1 Å². The molecule has 0 amide bonds. The second-order valence-corrected chi connectivity index (χ2v) is 6.46. The third-order valence-corrected chi connectivity index (χ3v) is 4.07. The fourth-order valence-corrected chi connectivity index (χ4v) is 2.28. The molecule has 0 radical (unpaired) electrons. The number of benzene rings is 1. The molecular formula is C14H22FNS. The Bertz CT molecular complexity index is 352. The van der Waals surface area contributed by atoms with Crippen LogP contribution >= 0.6 is 11.8 Å². The molecule has 17 heavy (non-hydrogen) atoms. The van der Waals surface area contributed by atoms with E-state index in [1.54, 1.807) is 17.8 Å². The standard InChI is InChI=1S/C14H22FNS/c1-5-14(3,4)16-10-11(2)17-13-9-7-6-8-12(13)15/h6-9,11,16H,5,10H2,1-4H3. The van der Waals surface area contributed by atoms with E-state index in [2.05, 4.69) is 33.0 Å². The molecule has 0 aliphatic rings. The minimum Gasteiger partial charge on any atom is -0.311 e. The predicted octanol–water partition coefficient (Wildman–Crippen LogP) is 4.08. The second-order valence-electron chi connectivity index (χ2n) is 4.98. The Morgan fingerprint density at radius 3 is 2.59 bits per heavy atom. The fourth-order valence-electron chi connectivity index (χ4n) is 1.34. The van der Waals surface area contributed by atoms with Gasteiger partial charge in [0.1, 0.15) is 5.82 Å². The largest absolute Gasteiger partial charge is 0.311 e. The van der Waals surface area contributed by atoms with Crippen LogP contribution in [0.2, 0.25) is 0 Å². The van der Waals surface area contributed by atoms with Crippen LogP contribution in [0.25, 0.3) is 0 Å². The lowest BCUT2D eigenvalue weighted by Crippen LogP contribution is -2.41. The maximum atomic E-state index is 13.4. The quantitative estimate of drug-likeness (QED) is 0.769. The van der Waals surface area contributed by atoms with Gasteiger partial charge >= 0.3 is 0 Å². The third kappa shape index (κ3) is 5.09. The topological polar surface area (TPSA) is 12.0 Å². The molecular weight excluding hydrogens is 233 g/mol. The molecule has 1 aromatic rings. The number of nitrogens with one attached hydrogen (secondary N) is 1. The van der Waals surface area contributed by atoms with E-state index < -0.39 is 0 Å². The molecule has 1 unspecified atom stereocenters. The van der Waals surface area contributed by atoms with Gasteiger partial charge in [-0.2, -0.15) is 0 Å². The highest BCUT2D eigenvalue weighted by atomic mass is 32.2. The number of rotatable bonds is 6. The van der Waals surface area contributed by atoms with Gasteiger partial charge in [-0.1, -0.05) is 26.0 Å². The lowest BCUT2D eigenvalue weighted by atomic mass is 10.0. The second kappa shape index (κ2) is 6.41. The maximum absolute atomic E-state index is 13.4. The van der Waals surface area contributed by atoms with Crippen LogP contribution in [-0.4, -0.2) is 17.3 Å². The predicted molar refractivity (Wildman–Crippen MR) is 74.1 cm³/mol. The molecule has 0 aliphatic carbocycles. The summed E-state index contributed by atoms with van der Waals surface area (Å²) in [6, 6.07) is 6.95. The SMILES string of the molecule is CCC(C)(C)NCC(C)Sc1ccccc1F. The Kier molecular flexibility index (Phi) is 5.47. The van der Waals surface area contributed by atoms with E-state index in [9.17, 15) is 4.39 Å². The Morgan fingerprint density at radius 2 is 2.00 bits per heavy atom. The molecule has 0 spiro atoms. The molecule has 3 heteroatoms. The Balaban J connectivity index is 2.45. The van der Waals surface area contributed by atoms with Crippen molar-refractivity contribution in [3.63, 3.8) is 0 Å². The average Bonchev–Trinajstić information content (AvgIpc) is 2.30. The summed E-state index contributed by atoms with van der Waals surface area (Å²) in [4.78, 5) is 0.733. The molecule has 1 N–H and O–H groups in total. The summed E-state index contributed by atoms with van der Waals surface area (Å²) in [5.74, 6) is -0.126. The smallest absolute Gasteiger partial charge is 0.136 e. The summed E-state index contributed by atoms with van der Waals surface area (Å²) in [6.07, 6.45) is 1.09. The first-order valence-electron chi connectivity index (χ1n) is 6.11. The minimum absolute atomic E-state index is 0.126. The van der Waals surface area contributed by atoms with E-state index in [1.165, 1.54) is 6.07 Å². The van der Waals surface area contributed by atoms with Gasteiger partial charge in [-0.05, 0) is 32.4 Å². The van der Waals surface area contributed by atoms with Crippen LogP contribution < -0.4 is 5.32 Å². The summed E-state index contributed by atoms with van der Waals surface area (Å²) < 4.78 is 13.4. The van der Waals surface area contributed by atoms with Crippen LogP contribution in [0, 0.1) is 5.82 Å². The first-order valence-corrected chi connectivity index (χ1v) is 6.99. The summed E-state index contributed by atoms with van der Waals surface area (Å²) in [5.41, 5.74) is 0.157. The van der Waals surface area contributed by atoms with Crippen LogP contribution in [-0.2, 0) is 0 Å². The highest BCUT2D eigenvalue weighted by molar-refractivity contribution is 8.00. The van der Waals surface area contributed by atoms with E-state index in [0.717, 1.165) is 17.9 Å². The van der Waals surface area contributed by atoms with Gasteiger partial charge in [0.25, 0.3) is 0 Å². The van der Waals surface area contributed by atoms with Gasteiger partial charge in [0.15, 0.2) is 0 Å². The molecule has 1 atom stereocenters. The Labute approximate surface area is 108 Å². The zero-order valence-corrected chi connectivity index (χ0v) is 11.9. The van der Waals surface area contributed by atoms with Crippen molar-refractivity contribution in [2.45, 2.75) is 49.8 Å². The number of thioether (sulfide) groups is 1. The zero-order chi connectivity index (χ0) is 12.9. The van der Waals surface area contributed by atoms with Crippen LogP contribution in [0.5, 0.6) is 0 Å². The number of hydrogen-bond donors (Lipinski definition) is 1. The van der Waals surface area contributed by atoms with Gasteiger partial charge in [0, 0.05) is 22.2 Å². The Morgan fingerprint density at radius 1 is 1.35 bits per heavy atom. The first kappa shape index (κ1) is 14.5. The van der Waals surface area contributed by atoms with Crippen molar-refractivity contribution in [2.75, 3.05) is 6.54 Å². The van der Waals surface area contributed by atoms with Gasteiger partial charge in [-0.3, -0.25) is 0 Å². The Hall–Kier alpha value is -0.540. The lowest BCUT2D eigenvalue weighted by Gasteiger charge is -2.26. The van der Waals surface area contributed by atoms with Crippen molar-refractivity contribution in [1.82, 2.24) is 5.32 Å². The molecule has 0 heterocycles. The highest BCUT2D eigenvalue weighted by Crippen LogP contribution is 2.25. The number of halogens is 1. The normalized spacial score (nSPS) is 13.7. The van der Waals surface area contributed by atoms with Crippen molar-refractivity contribution in [3.05, 3.63) is 30.1 Å². The average molecular weight is 255 g/mol. The van der Waals surface area contributed by atoms with Crippen LogP contribution in [0.4, 0.5) is 4.39 Å². The summed E-state index contributed by atoms with van der Waals surface area (Å²) in [6.45, 7) is 9.55. The van der Waals surface area contributed by atoms with Crippen LogP contribution in [0.15, 0.2) is 29.2 Å². The van der Waals surface area contributed by atoms with E-state index >= 15 is 0 Å². The van der Waals surface area contributed by atoms with Crippen molar-refractivity contribution in [1.29, 1.82) is 0 Å². The van der Waals surface area contributed by atoms with Crippen molar-refractivity contribution in [3.8, 4) is 0 Å². The molecule has 1 rings (SSSR count). The van der Waals surface area contributed by atoms with Crippen molar-refractivity contribution in [2.24, 2.45) is 0 Å². The maximum Gasteiger partial charge on any atom is 0.136 e. The number of hydrogen-bond acceptors (Lipinski definition) is 2. The molecule has 1 nitrogen and oxygen atoms in total. The molecule has 0 fully saturated rings. The van der Waals surface area contributed by atoms with Crippen molar-refractivity contribution < 1.29 is 4.39 Å². The molecule has 1 aromatic carbocycles. The van der Waals surface area contributed by atoms with E-state index in [4.69, 9.17) is 0 Å². The van der Waals surface area contributed by atoms with Gasteiger partial charge in [0.05, 0.1) is 0 Å². The van der Waals surface area contributed by atoms with Gasteiger partial charge in [0.2, 0.25) is 0 Å². The van der Waals surface area contributed by atoms with Gasteiger partial charge in [-0.25, -0.2) is 4.39 Å². The summed E-state index contributed by atoms with van der Waals surface area (Å²) in [7, 11) is 0. The molecule has 0 saturated heterocycles. The fraction of sp³-hybridized carbons (Fsp3) is 0.571. The van der Waals surface area contributed by atoms with Crippen LogP contribution in [0.3, 0.4) is 0 Å². The molecule has 0 aliphatic heterocycles. The lowest BCUT2D eigenvalue weighted by molar-refractivity contribution is 0.379. The molecule has 0 saturated carbocycles. The van der Waals surface area contributed by atoms with Crippen LogP contribution in [0.1, 0.15) is 34.1 Å². The monoisotopic (exact) mass is 255 g/mol. The molecule has 0 aromatic heterocycles. The third-order valence-electron chi connectivity index (χ3n) is 2.92. The van der Waals surface area contributed by atoms with Gasteiger partial charge in [-0.15, -0.1) is 11.8 Å². The zero-order valence-electron chi connectivity index (χ0n) is 11.1. The van der Waals surface area contributed by atoms with Gasteiger partial charge < -0.3 is 5.32 Å². The van der Waals surface area contributed by atoms with E-state index in [0.29, 0.717) is 5.25 Å². The molecule has 0 bridgehead atoms. The van der Waals surface area contributed by atoms with E-state index in [-0.39, 0.29) is 11.4 Å². The highest BCUT2D eigenvalue weighted by Gasteiger charge is 2.16. The van der Waals surface area contributed by atoms with Crippen molar-refractivity contribution >= 4 is 11.8 Å². The minimum atomic E-state index is -0.126. The molecule has 96 valence electrons. The summed E-state index contributed by atoms with van der Waals surface area (Å²) >= 11 is 1.58. The first-order chi connectivity index (χ1) is 7.94.